The van der Waals surface area contributed by atoms with Crippen LogP contribution in [0.2, 0.25) is 0 Å². The van der Waals surface area contributed by atoms with Gasteiger partial charge in [0, 0.05) is 17.8 Å². The van der Waals surface area contributed by atoms with E-state index in [-0.39, 0.29) is 5.91 Å². The highest BCUT2D eigenvalue weighted by atomic mass is 16.4. The summed E-state index contributed by atoms with van der Waals surface area (Å²) in [5.74, 6) is -0.965. The molecule has 4 nitrogen and oxygen atoms in total. The Labute approximate surface area is 118 Å². The summed E-state index contributed by atoms with van der Waals surface area (Å²) in [6, 6.07) is 5.13. The topological polar surface area (TPSA) is 57.6 Å². The van der Waals surface area contributed by atoms with E-state index < -0.39 is 5.97 Å². The van der Waals surface area contributed by atoms with Gasteiger partial charge in [0.25, 0.3) is 5.91 Å². The number of fused-ring (bicyclic) bond motifs is 1. The van der Waals surface area contributed by atoms with Crippen molar-refractivity contribution in [2.24, 2.45) is 0 Å². The number of carbonyl (C=O) groups is 2. The second-order valence-corrected chi connectivity index (χ2v) is 4.96. The molecular formula is C16H19NO3. The van der Waals surface area contributed by atoms with E-state index in [0.29, 0.717) is 24.1 Å². The molecule has 0 spiro atoms. The molecule has 0 fully saturated rings. The van der Waals surface area contributed by atoms with E-state index in [2.05, 4.69) is 0 Å². The molecule has 1 aliphatic heterocycles. The number of carboxylic acid groups (broad SMARTS) is 1. The number of carboxylic acids is 1. The predicted molar refractivity (Wildman–Crippen MR) is 78.1 cm³/mol. The fourth-order valence-electron chi connectivity index (χ4n) is 2.64. The summed E-state index contributed by atoms with van der Waals surface area (Å²) in [7, 11) is 0. The SMILES string of the molecule is CC/C=C(\C)C(=O)N1CCCc2c(C(=O)O)cccc21. The number of aromatic carboxylic acids is 1. The smallest absolute Gasteiger partial charge is 0.336 e. The Hall–Kier alpha value is -2.10. The number of amides is 1. The lowest BCUT2D eigenvalue weighted by molar-refractivity contribution is -0.115. The van der Waals surface area contributed by atoms with Crippen molar-refractivity contribution in [2.75, 3.05) is 11.4 Å². The predicted octanol–water partition coefficient (Wildman–Crippen LogP) is 3.02. The molecule has 1 heterocycles. The van der Waals surface area contributed by atoms with Gasteiger partial charge in [-0.15, -0.1) is 0 Å². The van der Waals surface area contributed by atoms with Crippen LogP contribution in [0.15, 0.2) is 29.8 Å². The van der Waals surface area contributed by atoms with Crippen LogP contribution in [0.25, 0.3) is 0 Å². The molecule has 106 valence electrons. The van der Waals surface area contributed by atoms with Crippen LogP contribution in [0, 0.1) is 0 Å². The highest BCUT2D eigenvalue weighted by molar-refractivity contribution is 6.06. The van der Waals surface area contributed by atoms with E-state index in [1.54, 1.807) is 24.0 Å². The van der Waals surface area contributed by atoms with Crippen molar-refractivity contribution in [3.63, 3.8) is 0 Å². The lowest BCUT2D eigenvalue weighted by atomic mass is 9.95. The molecule has 0 atom stereocenters. The average molecular weight is 273 g/mol. The van der Waals surface area contributed by atoms with Crippen LogP contribution in [-0.2, 0) is 11.2 Å². The van der Waals surface area contributed by atoms with Crippen molar-refractivity contribution >= 4 is 17.6 Å². The van der Waals surface area contributed by atoms with Gasteiger partial charge in [0.15, 0.2) is 0 Å². The number of anilines is 1. The van der Waals surface area contributed by atoms with E-state index in [9.17, 15) is 14.7 Å². The van der Waals surface area contributed by atoms with Crippen LogP contribution in [-0.4, -0.2) is 23.5 Å². The molecule has 0 bridgehead atoms. The molecule has 0 saturated heterocycles. The lowest BCUT2D eigenvalue weighted by Crippen LogP contribution is -2.36. The summed E-state index contributed by atoms with van der Waals surface area (Å²) in [6.07, 6.45) is 4.21. The molecule has 1 aromatic carbocycles. The first-order valence-corrected chi connectivity index (χ1v) is 6.90. The van der Waals surface area contributed by atoms with Crippen LogP contribution in [0.4, 0.5) is 5.69 Å². The van der Waals surface area contributed by atoms with Gasteiger partial charge >= 0.3 is 5.97 Å². The normalized spacial score (nSPS) is 14.9. The minimum absolute atomic E-state index is 0.0321. The Morgan fingerprint density at radius 2 is 2.15 bits per heavy atom. The molecule has 1 N–H and O–H groups in total. The Morgan fingerprint density at radius 1 is 1.40 bits per heavy atom. The van der Waals surface area contributed by atoms with Crippen molar-refractivity contribution in [3.8, 4) is 0 Å². The van der Waals surface area contributed by atoms with Gasteiger partial charge in [-0.3, -0.25) is 4.79 Å². The molecule has 2 rings (SSSR count). The molecule has 1 aromatic rings. The summed E-state index contributed by atoms with van der Waals surface area (Å²) in [6.45, 7) is 4.44. The fourth-order valence-corrected chi connectivity index (χ4v) is 2.64. The first kappa shape index (κ1) is 14.3. The monoisotopic (exact) mass is 273 g/mol. The number of allylic oxidation sites excluding steroid dienone is 1. The molecule has 0 aromatic heterocycles. The Morgan fingerprint density at radius 3 is 2.80 bits per heavy atom. The highest BCUT2D eigenvalue weighted by Crippen LogP contribution is 2.30. The van der Waals surface area contributed by atoms with E-state index in [4.69, 9.17) is 0 Å². The molecule has 0 saturated carbocycles. The van der Waals surface area contributed by atoms with Crippen LogP contribution in [0.3, 0.4) is 0 Å². The zero-order chi connectivity index (χ0) is 14.7. The zero-order valence-electron chi connectivity index (χ0n) is 11.8. The van der Waals surface area contributed by atoms with Crippen LogP contribution in [0.1, 0.15) is 42.6 Å². The molecule has 1 amide bonds. The molecule has 20 heavy (non-hydrogen) atoms. The maximum Gasteiger partial charge on any atom is 0.336 e. The average Bonchev–Trinajstić information content (AvgIpc) is 2.45. The maximum absolute atomic E-state index is 12.4. The molecule has 4 heteroatoms. The molecule has 1 aliphatic rings. The van der Waals surface area contributed by atoms with Gasteiger partial charge in [-0.05, 0) is 43.9 Å². The first-order valence-electron chi connectivity index (χ1n) is 6.90. The minimum Gasteiger partial charge on any atom is -0.478 e. The number of hydrogen-bond donors (Lipinski definition) is 1. The van der Waals surface area contributed by atoms with Gasteiger partial charge in [0.2, 0.25) is 0 Å². The summed E-state index contributed by atoms with van der Waals surface area (Å²) in [5.41, 5.74) is 2.52. The van der Waals surface area contributed by atoms with Crippen molar-refractivity contribution in [3.05, 3.63) is 41.0 Å². The van der Waals surface area contributed by atoms with Gasteiger partial charge in [0.1, 0.15) is 0 Å². The summed E-state index contributed by atoms with van der Waals surface area (Å²) < 4.78 is 0. The van der Waals surface area contributed by atoms with Gasteiger partial charge < -0.3 is 10.0 Å². The van der Waals surface area contributed by atoms with Gasteiger partial charge in [0.05, 0.1) is 5.56 Å². The van der Waals surface area contributed by atoms with Gasteiger partial charge in [-0.1, -0.05) is 19.1 Å². The third kappa shape index (κ3) is 2.59. The molecular weight excluding hydrogens is 254 g/mol. The number of carbonyl (C=O) groups excluding carboxylic acids is 1. The molecule has 0 aliphatic carbocycles. The zero-order valence-corrected chi connectivity index (χ0v) is 11.8. The van der Waals surface area contributed by atoms with Gasteiger partial charge in [-0.25, -0.2) is 4.79 Å². The van der Waals surface area contributed by atoms with Crippen LogP contribution in [0.5, 0.6) is 0 Å². The van der Waals surface area contributed by atoms with Crippen LogP contribution >= 0.6 is 0 Å². The summed E-state index contributed by atoms with van der Waals surface area (Å²) in [4.78, 5) is 25.4. The second-order valence-electron chi connectivity index (χ2n) is 4.96. The van der Waals surface area contributed by atoms with E-state index >= 15 is 0 Å². The number of nitrogens with zero attached hydrogens (tertiary/aromatic N) is 1. The third-order valence-electron chi connectivity index (χ3n) is 3.57. The molecule has 0 unspecified atom stereocenters. The largest absolute Gasteiger partial charge is 0.478 e. The Kier molecular flexibility index (Phi) is 4.23. The van der Waals surface area contributed by atoms with E-state index in [0.717, 1.165) is 24.1 Å². The van der Waals surface area contributed by atoms with E-state index in [1.807, 2.05) is 19.1 Å². The Bertz CT molecular complexity index is 575. The second kappa shape index (κ2) is 5.90. The first-order chi connectivity index (χ1) is 9.56. The minimum atomic E-state index is -0.933. The van der Waals surface area contributed by atoms with E-state index in [1.165, 1.54) is 0 Å². The number of rotatable bonds is 3. The lowest BCUT2D eigenvalue weighted by Gasteiger charge is -2.30. The number of benzene rings is 1. The maximum atomic E-state index is 12.4. The van der Waals surface area contributed by atoms with Crippen molar-refractivity contribution in [1.29, 1.82) is 0 Å². The van der Waals surface area contributed by atoms with Crippen molar-refractivity contribution in [1.82, 2.24) is 0 Å². The summed E-state index contributed by atoms with van der Waals surface area (Å²) >= 11 is 0. The standard InChI is InChI=1S/C16H19NO3/c1-3-6-11(2)15(18)17-10-5-8-12-13(16(19)20)7-4-9-14(12)17/h4,6-7,9H,3,5,8,10H2,1-2H3,(H,19,20)/b11-6+. The summed E-state index contributed by atoms with van der Waals surface area (Å²) in [5, 5.41) is 9.24. The Balaban J connectivity index is 2.43. The molecule has 0 radical (unpaired) electrons. The fraction of sp³-hybridized carbons (Fsp3) is 0.375. The van der Waals surface area contributed by atoms with Crippen molar-refractivity contribution in [2.45, 2.75) is 33.1 Å². The van der Waals surface area contributed by atoms with Crippen LogP contribution < -0.4 is 4.90 Å². The highest BCUT2D eigenvalue weighted by Gasteiger charge is 2.26. The quantitative estimate of drug-likeness (QED) is 0.861. The third-order valence-corrected chi connectivity index (χ3v) is 3.57. The number of hydrogen-bond acceptors (Lipinski definition) is 2. The van der Waals surface area contributed by atoms with Gasteiger partial charge in [-0.2, -0.15) is 0 Å². The van der Waals surface area contributed by atoms with Crippen molar-refractivity contribution < 1.29 is 14.7 Å².